The normalized spacial score (nSPS) is 14.1. The van der Waals surface area contributed by atoms with E-state index in [4.69, 9.17) is 5.73 Å². The molecule has 0 aliphatic heterocycles. The van der Waals surface area contributed by atoms with Crippen LogP contribution >= 0.6 is 0 Å². The second-order valence-electron chi connectivity index (χ2n) is 2.22. The number of hydrogen-bond donors (Lipinski definition) is 1. The Morgan fingerprint density at radius 3 is 2.36 bits per heavy atom. The number of carbonyl (C=O) groups is 1. The van der Waals surface area contributed by atoms with Crippen molar-refractivity contribution in [2.75, 3.05) is 19.1 Å². The van der Waals surface area contributed by atoms with E-state index >= 15 is 0 Å². The van der Waals surface area contributed by atoms with Crippen LogP contribution < -0.4 is 5.73 Å². The van der Waals surface area contributed by atoms with E-state index in [-0.39, 0.29) is 5.75 Å². The first kappa shape index (κ1) is 10.4. The maximum Gasteiger partial charge on any atom is 0.323 e. The molecule has 11 heavy (non-hydrogen) atoms. The molecule has 0 heterocycles. The van der Waals surface area contributed by atoms with Crippen LogP contribution in [-0.2, 0) is 19.4 Å². The second kappa shape index (κ2) is 3.68. The van der Waals surface area contributed by atoms with E-state index in [2.05, 4.69) is 4.74 Å². The van der Waals surface area contributed by atoms with Gasteiger partial charge in [-0.15, -0.1) is 0 Å². The van der Waals surface area contributed by atoms with Crippen molar-refractivity contribution in [2.24, 2.45) is 5.73 Å². The average molecular weight is 181 g/mol. The molecule has 0 saturated heterocycles. The van der Waals surface area contributed by atoms with E-state index in [9.17, 15) is 13.2 Å². The Kier molecular flexibility index (Phi) is 3.47. The molecule has 0 saturated carbocycles. The van der Waals surface area contributed by atoms with E-state index in [1.807, 2.05) is 0 Å². The van der Waals surface area contributed by atoms with Crippen molar-refractivity contribution in [2.45, 2.75) is 6.04 Å². The first-order valence-corrected chi connectivity index (χ1v) is 4.94. The van der Waals surface area contributed by atoms with E-state index in [0.29, 0.717) is 0 Å². The maximum absolute atomic E-state index is 10.6. The minimum absolute atomic E-state index is 0.375. The van der Waals surface area contributed by atoms with Crippen LogP contribution in [0.2, 0.25) is 0 Å². The van der Waals surface area contributed by atoms with Crippen LogP contribution in [0.25, 0.3) is 0 Å². The zero-order chi connectivity index (χ0) is 9.07. The lowest BCUT2D eigenvalue weighted by atomic mass is 10.4. The Morgan fingerprint density at radius 1 is 1.64 bits per heavy atom. The topological polar surface area (TPSA) is 86.5 Å². The monoisotopic (exact) mass is 181 g/mol. The molecule has 0 spiro atoms. The zero-order valence-electron chi connectivity index (χ0n) is 6.40. The van der Waals surface area contributed by atoms with Crippen molar-refractivity contribution in [3.63, 3.8) is 0 Å². The first-order chi connectivity index (χ1) is 4.87. The number of methoxy groups -OCH3 is 1. The molecule has 0 rings (SSSR count). The molecule has 1 atom stereocenters. The van der Waals surface area contributed by atoms with E-state index < -0.39 is 21.8 Å². The van der Waals surface area contributed by atoms with Crippen molar-refractivity contribution in [3.8, 4) is 0 Å². The van der Waals surface area contributed by atoms with Gasteiger partial charge in [-0.2, -0.15) is 0 Å². The molecule has 0 unspecified atom stereocenters. The average Bonchev–Trinajstić information content (AvgIpc) is 1.82. The van der Waals surface area contributed by atoms with Gasteiger partial charge in [-0.05, 0) is 0 Å². The van der Waals surface area contributed by atoms with Gasteiger partial charge in [0.15, 0.2) is 0 Å². The minimum Gasteiger partial charge on any atom is -0.468 e. The number of rotatable bonds is 3. The molecular formula is C5H11NO4S. The second-order valence-corrected chi connectivity index (χ2v) is 4.41. The Hall–Kier alpha value is -0.620. The summed E-state index contributed by atoms with van der Waals surface area (Å²) < 4.78 is 25.4. The SMILES string of the molecule is COC(=O)[C@@H](N)CS(C)(=O)=O. The zero-order valence-corrected chi connectivity index (χ0v) is 7.22. The highest BCUT2D eigenvalue weighted by Crippen LogP contribution is 1.89. The van der Waals surface area contributed by atoms with Crippen LogP contribution in [0.5, 0.6) is 0 Å². The van der Waals surface area contributed by atoms with Gasteiger partial charge in [0, 0.05) is 6.26 Å². The Bertz CT molecular complexity index is 233. The largest absolute Gasteiger partial charge is 0.468 e. The number of hydrogen-bond acceptors (Lipinski definition) is 5. The first-order valence-electron chi connectivity index (χ1n) is 2.88. The quantitative estimate of drug-likeness (QED) is 0.537. The van der Waals surface area contributed by atoms with Crippen LogP contribution in [0.3, 0.4) is 0 Å². The summed E-state index contributed by atoms with van der Waals surface area (Å²) in [6.45, 7) is 0. The maximum atomic E-state index is 10.6. The van der Waals surface area contributed by atoms with Crippen LogP contribution in [0.15, 0.2) is 0 Å². The van der Waals surface area contributed by atoms with Gasteiger partial charge < -0.3 is 10.5 Å². The molecule has 5 nitrogen and oxygen atoms in total. The number of sulfone groups is 1. The minimum atomic E-state index is -3.20. The van der Waals surface area contributed by atoms with Gasteiger partial charge in [0.05, 0.1) is 12.9 Å². The van der Waals surface area contributed by atoms with Crippen LogP contribution in [0, 0.1) is 0 Å². The Balaban J connectivity index is 4.09. The predicted octanol–water partition coefficient (Wildman–Crippen LogP) is -1.47. The number of ether oxygens (including phenoxy) is 1. The highest BCUT2D eigenvalue weighted by Gasteiger charge is 2.18. The molecule has 0 radical (unpaired) electrons. The van der Waals surface area contributed by atoms with Gasteiger partial charge in [0.2, 0.25) is 0 Å². The van der Waals surface area contributed by atoms with Gasteiger partial charge in [-0.1, -0.05) is 0 Å². The summed E-state index contributed by atoms with van der Waals surface area (Å²) in [4.78, 5) is 10.6. The highest BCUT2D eigenvalue weighted by atomic mass is 32.2. The summed E-state index contributed by atoms with van der Waals surface area (Å²) in [6.07, 6.45) is 1.01. The summed E-state index contributed by atoms with van der Waals surface area (Å²) in [5.41, 5.74) is 5.16. The Morgan fingerprint density at radius 2 is 2.09 bits per heavy atom. The fourth-order valence-corrected chi connectivity index (χ4v) is 1.33. The lowest BCUT2D eigenvalue weighted by Gasteiger charge is -2.06. The van der Waals surface area contributed by atoms with E-state index in [1.165, 1.54) is 0 Å². The summed E-state index contributed by atoms with van der Waals surface area (Å²) in [7, 11) is -2.05. The molecule has 2 N–H and O–H groups in total. The molecule has 0 aliphatic carbocycles. The molecule has 0 fully saturated rings. The summed E-state index contributed by atoms with van der Waals surface area (Å²) in [6, 6.07) is -1.07. The van der Waals surface area contributed by atoms with Crippen molar-refractivity contribution in [3.05, 3.63) is 0 Å². The van der Waals surface area contributed by atoms with E-state index in [0.717, 1.165) is 13.4 Å². The van der Waals surface area contributed by atoms with Crippen LogP contribution in [0.4, 0.5) is 0 Å². The van der Waals surface area contributed by atoms with Crippen LogP contribution in [-0.4, -0.2) is 39.5 Å². The standard InChI is InChI=1S/C5H11NO4S/c1-10-5(7)4(6)3-11(2,8)9/h4H,3,6H2,1-2H3/t4-/m0/s1. The predicted molar refractivity (Wildman–Crippen MR) is 39.7 cm³/mol. The lowest BCUT2D eigenvalue weighted by Crippen LogP contribution is -2.37. The molecule has 0 aliphatic rings. The molecule has 0 aromatic carbocycles. The molecule has 0 aromatic rings. The van der Waals surface area contributed by atoms with Crippen molar-refractivity contribution in [1.82, 2.24) is 0 Å². The third-order valence-electron chi connectivity index (χ3n) is 0.986. The summed E-state index contributed by atoms with van der Waals surface area (Å²) >= 11 is 0. The van der Waals surface area contributed by atoms with Gasteiger partial charge in [-0.3, -0.25) is 4.79 Å². The van der Waals surface area contributed by atoms with Gasteiger partial charge in [0.25, 0.3) is 0 Å². The number of esters is 1. The van der Waals surface area contributed by atoms with Crippen molar-refractivity contribution >= 4 is 15.8 Å². The fourth-order valence-electron chi connectivity index (χ4n) is 0.546. The lowest BCUT2D eigenvalue weighted by molar-refractivity contribution is -0.141. The molecule has 6 heteroatoms. The highest BCUT2D eigenvalue weighted by molar-refractivity contribution is 7.90. The van der Waals surface area contributed by atoms with Gasteiger partial charge in [-0.25, -0.2) is 8.42 Å². The third-order valence-corrected chi connectivity index (χ3v) is 1.95. The summed E-state index contributed by atoms with van der Waals surface area (Å²) in [5.74, 6) is -1.09. The molecule has 66 valence electrons. The molecule has 0 amide bonds. The smallest absolute Gasteiger partial charge is 0.323 e. The summed E-state index contributed by atoms with van der Waals surface area (Å²) in [5, 5.41) is 0. The van der Waals surface area contributed by atoms with Crippen LogP contribution in [0.1, 0.15) is 0 Å². The van der Waals surface area contributed by atoms with Gasteiger partial charge in [0.1, 0.15) is 15.9 Å². The molecular weight excluding hydrogens is 170 g/mol. The third kappa shape index (κ3) is 4.74. The van der Waals surface area contributed by atoms with Crippen molar-refractivity contribution in [1.29, 1.82) is 0 Å². The Labute approximate surface area is 65.4 Å². The van der Waals surface area contributed by atoms with E-state index in [1.54, 1.807) is 0 Å². The van der Waals surface area contributed by atoms with Gasteiger partial charge >= 0.3 is 5.97 Å². The fraction of sp³-hybridized carbons (Fsp3) is 0.800. The number of nitrogens with two attached hydrogens (primary N) is 1. The number of carbonyl (C=O) groups excluding carboxylic acids is 1. The molecule has 0 bridgehead atoms. The molecule has 0 aromatic heterocycles. The van der Waals surface area contributed by atoms with Crippen molar-refractivity contribution < 1.29 is 17.9 Å².